The summed E-state index contributed by atoms with van der Waals surface area (Å²) >= 11 is 0. The Morgan fingerprint density at radius 1 is 1.11 bits per heavy atom. The number of ether oxygens (including phenoxy) is 4. The van der Waals surface area contributed by atoms with Gasteiger partial charge in [0.25, 0.3) is 0 Å². The highest BCUT2D eigenvalue weighted by atomic mass is 16.8. The first-order valence-corrected chi connectivity index (χ1v) is 12.3. The minimum absolute atomic E-state index is 0.301. The van der Waals surface area contributed by atoms with Gasteiger partial charge < -0.3 is 28.4 Å². The topological polar surface area (TPSA) is 96.1 Å². The van der Waals surface area contributed by atoms with Crippen LogP contribution in [-0.2, 0) is 14.2 Å². The number of aliphatic imine (C=N–C) groups is 1. The van der Waals surface area contributed by atoms with Gasteiger partial charge >= 0.3 is 0 Å². The fraction of sp³-hybridized carbons (Fsp3) is 0.407. The van der Waals surface area contributed by atoms with Crippen molar-refractivity contribution in [1.82, 2.24) is 24.4 Å². The first-order valence-electron chi connectivity index (χ1n) is 12.3. The first kappa shape index (κ1) is 23.8. The Morgan fingerprint density at radius 2 is 1.95 bits per heavy atom. The summed E-state index contributed by atoms with van der Waals surface area (Å²) in [5.74, 6) is 0.599. The third-order valence-electron chi connectivity index (χ3n) is 6.61. The van der Waals surface area contributed by atoms with E-state index in [1.165, 1.54) is 6.33 Å². The number of hydrogen-bond acceptors (Lipinski definition) is 8. The van der Waals surface area contributed by atoms with E-state index in [9.17, 15) is 0 Å². The molecule has 5 heterocycles. The summed E-state index contributed by atoms with van der Waals surface area (Å²) in [7, 11) is 3.83. The number of pyridine rings is 1. The third-order valence-corrected chi connectivity index (χ3v) is 6.61. The molecule has 3 aromatic heterocycles. The lowest BCUT2D eigenvalue weighted by molar-refractivity contribution is -0.198. The Bertz CT molecular complexity index is 1480. The van der Waals surface area contributed by atoms with Crippen LogP contribution in [0.25, 0.3) is 21.9 Å². The molecule has 0 spiro atoms. The zero-order chi connectivity index (χ0) is 25.7. The highest BCUT2D eigenvalue weighted by Gasteiger charge is 2.56. The molecule has 2 fully saturated rings. The van der Waals surface area contributed by atoms with Crippen LogP contribution in [0.1, 0.15) is 25.6 Å². The standard InChI is InChI=1S/C27H30N6O4/c1-16-11-17(12-20-18(16)7-6-9-28-20)34-13-21-22-23(37-27(2,3)36-22)26(35-21)33-10-8-19-24(31-15-32(4)5)29-14-30-25(19)33/h6-12,14-15,21-23,26H,13H2,1-5H3/t21-,22-,23-,26-/m1/s1. The van der Waals surface area contributed by atoms with Crippen LogP contribution in [0.2, 0.25) is 0 Å². The molecule has 37 heavy (non-hydrogen) atoms. The van der Waals surface area contributed by atoms with Gasteiger partial charge in [0.2, 0.25) is 0 Å². The summed E-state index contributed by atoms with van der Waals surface area (Å²) in [6.45, 7) is 6.20. The van der Waals surface area contributed by atoms with Gasteiger partial charge in [-0.3, -0.25) is 4.98 Å². The molecule has 10 nitrogen and oxygen atoms in total. The summed E-state index contributed by atoms with van der Waals surface area (Å²) < 4.78 is 27.3. The fourth-order valence-electron chi connectivity index (χ4n) is 5.05. The van der Waals surface area contributed by atoms with Gasteiger partial charge in [-0.2, -0.15) is 0 Å². The summed E-state index contributed by atoms with van der Waals surface area (Å²) in [6, 6.07) is 9.93. The maximum atomic E-state index is 6.52. The number of nitrogens with zero attached hydrogens (tertiary/aromatic N) is 6. The van der Waals surface area contributed by atoms with Gasteiger partial charge in [-0.05, 0) is 44.5 Å². The van der Waals surface area contributed by atoms with Crippen LogP contribution in [0.5, 0.6) is 5.75 Å². The zero-order valence-electron chi connectivity index (χ0n) is 21.5. The van der Waals surface area contributed by atoms with Crippen LogP contribution in [-0.4, -0.2) is 75.6 Å². The van der Waals surface area contributed by atoms with Gasteiger partial charge in [0.05, 0.1) is 17.2 Å². The fourth-order valence-corrected chi connectivity index (χ4v) is 5.05. The Balaban J connectivity index is 1.28. The minimum atomic E-state index is -0.738. The Morgan fingerprint density at radius 3 is 2.78 bits per heavy atom. The number of hydrogen-bond donors (Lipinski definition) is 0. The number of aryl methyl sites for hydroxylation is 1. The van der Waals surface area contributed by atoms with E-state index in [1.54, 1.807) is 12.5 Å². The van der Waals surface area contributed by atoms with Crippen molar-refractivity contribution in [3.05, 3.63) is 54.6 Å². The highest BCUT2D eigenvalue weighted by Crippen LogP contribution is 2.44. The van der Waals surface area contributed by atoms with E-state index < -0.39 is 12.0 Å². The van der Waals surface area contributed by atoms with E-state index in [1.807, 2.05) is 67.9 Å². The van der Waals surface area contributed by atoms with Crippen LogP contribution < -0.4 is 4.74 Å². The normalized spacial score (nSPS) is 24.8. The van der Waals surface area contributed by atoms with Gasteiger partial charge in [0.15, 0.2) is 17.8 Å². The molecule has 2 aliphatic heterocycles. The molecule has 4 aromatic rings. The molecule has 0 saturated carbocycles. The molecule has 2 aliphatic rings. The van der Waals surface area contributed by atoms with Crippen LogP contribution in [0.3, 0.4) is 0 Å². The highest BCUT2D eigenvalue weighted by molar-refractivity contribution is 5.87. The summed E-state index contributed by atoms with van der Waals surface area (Å²) in [5.41, 5.74) is 2.72. The van der Waals surface area contributed by atoms with Crippen molar-refractivity contribution in [1.29, 1.82) is 0 Å². The molecule has 0 aliphatic carbocycles. The SMILES string of the molecule is Cc1cc(OC[C@H]2O[C@@H](n3ccc4c(N=CN(C)C)ncnc43)[C@@H]3OC(C)(C)O[C@@H]32)cc2ncccc12. The minimum Gasteiger partial charge on any atom is -0.491 e. The average molecular weight is 503 g/mol. The maximum absolute atomic E-state index is 6.52. The van der Waals surface area contributed by atoms with Gasteiger partial charge in [0.1, 0.15) is 42.6 Å². The van der Waals surface area contributed by atoms with Crippen molar-refractivity contribution in [3.63, 3.8) is 0 Å². The molecule has 0 N–H and O–H groups in total. The Kier molecular flexibility index (Phi) is 5.82. The Labute approximate surface area is 214 Å². The summed E-state index contributed by atoms with van der Waals surface area (Å²) in [4.78, 5) is 19.7. The van der Waals surface area contributed by atoms with Crippen molar-refractivity contribution < 1.29 is 18.9 Å². The monoisotopic (exact) mass is 502 g/mol. The quantitative estimate of drug-likeness (QED) is 0.288. The van der Waals surface area contributed by atoms with Gasteiger partial charge in [0, 0.05) is 37.9 Å². The molecule has 0 bridgehead atoms. The summed E-state index contributed by atoms with van der Waals surface area (Å²) in [5, 5.41) is 1.94. The van der Waals surface area contributed by atoms with E-state index in [4.69, 9.17) is 18.9 Å². The zero-order valence-corrected chi connectivity index (χ0v) is 21.5. The lowest BCUT2D eigenvalue weighted by atomic mass is 10.1. The van der Waals surface area contributed by atoms with E-state index in [2.05, 4.69) is 32.9 Å². The predicted molar refractivity (Wildman–Crippen MR) is 139 cm³/mol. The van der Waals surface area contributed by atoms with E-state index in [0.29, 0.717) is 12.4 Å². The van der Waals surface area contributed by atoms with Crippen molar-refractivity contribution in [3.8, 4) is 5.75 Å². The largest absolute Gasteiger partial charge is 0.491 e. The van der Waals surface area contributed by atoms with Gasteiger partial charge in [-0.15, -0.1) is 0 Å². The number of benzene rings is 1. The Hall–Kier alpha value is -3.60. The molecule has 192 valence electrons. The van der Waals surface area contributed by atoms with Gasteiger partial charge in [-0.25, -0.2) is 15.0 Å². The number of fused-ring (bicyclic) bond motifs is 3. The van der Waals surface area contributed by atoms with Crippen molar-refractivity contribution in [2.75, 3.05) is 20.7 Å². The van der Waals surface area contributed by atoms with E-state index in [0.717, 1.165) is 33.2 Å². The first-order chi connectivity index (χ1) is 17.8. The predicted octanol–water partition coefficient (Wildman–Crippen LogP) is 4.01. The molecule has 2 saturated heterocycles. The molecule has 6 rings (SSSR count). The van der Waals surface area contributed by atoms with Crippen molar-refractivity contribution in [2.24, 2.45) is 4.99 Å². The second kappa shape index (κ2) is 9.05. The molecule has 4 atom stereocenters. The van der Waals surface area contributed by atoms with Crippen LogP contribution in [0.15, 0.2) is 54.0 Å². The summed E-state index contributed by atoms with van der Waals surface area (Å²) in [6.07, 6.45) is 5.53. The van der Waals surface area contributed by atoms with E-state index >= 15 is 0 Å². The number of rotatable bonds is 6. The van der Waals surface area contributed by atoms with Gasteiger partial charge in [-0.1, -0.05) is 6.07 Å². The lowest BCUT2D eigenvalue weighted by Crippen LogP contribution is -2.33. The lowest BCUT2D eigenvalue weighted by Gasteiger charge is -2.25. The molecule has 0 unspecified atom stereocenters. The molecular formula is C27H30N6O4. The number of aromatic nitrogens is 4. The molecule has 10 heteroatoms. The average Bonchev–Trinajstić information content (AvgIpc) is 3.52. The van der Waals surface area contributed by atoms with Crippen molar-refractivity contribution >= 4 is 34.1 Å². The maximum Gasteiger partial charge on any atom is 0.166 e. The second-order valence-electron chi connectivity index (χ2n) is 10.1. The molecule has 1 aromatic carbocycles. The smallest absolute Gasteiger partial charge is 0.166 e. The second-order valence-corrected chi connectivity index (χ2v) is 10.1. The molecule has 0 amide bonds. The van der Waals surface area contributed by atoms with Crippen LogP contribution in [0.4, 0.5) is 5.82 Å². The van der Waals surface area contributed by atoms with Crippen LogP contribution in [0, 0.1) is 6.92 Å². The van der Waals surface area contributed by atoms with E-state index in [-0.39, 0.29) is 18.3 Å². The molecule has 0 radical (unpaired) electrons. The molecular weight excluding hydrogens is 472 g/mol. The van der Waals surface area contributed by atoms with Crippen LogP contribution >= 0.6 is 0 Å². The third kappa shape index (κ3) is 4.41. The van der Waals surface area contributed by atoms with Crippen molar-refractivity contribution in [2.45, 2.75) is 51.1 Å².